The summed E-state index contributed by atoms with van der Waals surface area (Å²) < 4.78 is 10.8. The van der Waals surface area contributed by atoms with Gasteiger partial charge in [-0.2, -0.15) is 4.98 Å². The Morgan fingerprint density at radius 1 is 0.943 bits per heavy atom. The van der Waals surface area contributed by atoms with E-state index in [9.17, 15) is 4.79 Å². The zero-order valence-electron chi connectivity index (χ0n) is 20.5. The summed E-state index contributed by atoms with van der Waals surface area (Å²) in [5.41, 5.74) is 8.15. The van der Waals surface area contributed by atoms with E-state index in [1.54, 1.807) is 14.2 Å². The zero-order chi connectivity index (χ0) is 22.1. The van der Waals surface area contributed by atoms with Gasteiger partial charge in [0.25, 0.3) is 0 Å². The summed E-state index contributed by atoms with van der Waals surface area (Å²) in [5.74, 6) is 3.44. The number of methoxy groups -OCH3 is 2. The lowest BCUT2D eigenvalue weighted by Crippen LogP contribution is -2.47. The molecule has 1 atom stereocenters. The van der Waals surface area contributed by atoms with Gasteiger partial charge >= 0.3 is 0 Å². The number of aromatic nitrogens is 2. The first-order valence-electron chi connectivity index (χ1n) is 10.8. The quantitative estimate of drug-likeness (QED) is 0.611. The molecule has 1 fully saturated rings. The van der Waals surface area contributed by atoms with E-state index in [0.717, 1.165) is 43.5 Å². The van der Waals surface area contributed by atoms with Crippen molar-refractivity contribution >= 4 is 53.3 Å². The molecule has 0 radical (unpaired) electrons. The first-order valence-corrected chi connectivity index (χ1v) is 10.8. The van der Waals surface area contributed by atoms with Gasteiger partial charge in [0.1, 0.15) is 5.82 Å². The molecule has 4 rings (SSSR count). The number of ether oxygens (including phenoxy) is 2. The van der Waals surface area contributed by atoms with Crippen molar-refractivity contribution in [2.75, 3.05) is 51.0 Å². The molecule has 1 unspecified atom stereocenters. The summed E-state index contributed by atoms with van der Waals surface area (Å²) in [7, 11) is 3.19. The Morgan fingerprint density at radius 2 is 1.51 bits per heavy atom. The molecule has 1 aliphatic heterocycles. The molecule has 1 aromatic heterocycles. The van der Waals surface area contributed by atoms with Gasteiger partial charge in [-0.3, -0.25) is 4.79 Å². The molecule has 6 N–H and O–H groups in total. The second kappa shape index (κ2) is 13.5. The van der Waals surface area contributed by atoms with E-state index < -0.39 is 0 Å². The van der Waals surface area contributed by atoms with Crippen LogP contribution in [0.1, 0.15) is 26.7 Å². The Kier molecular flexibility index (Phi) is 12.6. The second-order valence-electron chi connectivity index (χ2n) is 8.62. The molecule has 1 aromatic carbocycles. The molecule has 2 heterocycles. The van der Waals surface area contributed by atoms with Crippen molar-refractivity contribution in [3.05, 3.63) is 23.9 Å². The number of hydrogen-bond acceptors (Lipinski definition) is 8. The van der Waals surface area contributed by atoms with Gasteiger partial charge in [0.2, 0.25) is 5.95 Å². The first-order chi connectivity index (χ1) is 14.9. The maximum absolute atomic E-state index is 12.2. The lowest BCUT2D eigenvalue weighted by atomic mass is 9.82. The lowest BCUT2D eigenvalue weighted by Gasteiger charge is -2.39. The molecule has 10 nitrogen and oxygen atoms in total. The number of rotatable bonds is 5. The van der Waals surface area contributed by atoms with Crippen LogP contribution in [-0.4, -0.2) is 72.0 Å². The fraction of sp³-hybridized carbons (Fsp3) is 0.522. The van der Waals surface area contributed by atoms with Crippen molar-refractivity contribution in [2.45, 2.75) is 26.7 Å². The van der Waals surface area contributed by atoms with Gasteiger partial charge in [-0.15, -0.1) is 24.8 Å². The van der Waals surface area contributed by atoms with Gasteiger partial charge in [-0.25, -0.2) is 4.98 Å². The number of hydrogen-bond donors (Lipinski definition) is 1. The number of nitrogens with two attached hydrogens (primary N) is 1. The summed E-state index contributed by atoms with van der Waals surface area (Å²) in [6, 6.07) is 3.64. The highest BCUT2D eigenvalue weighted by molar-refractivity contribution is 5.92. The van der Waals surface area contributed by atoms with Gasteiger partial charge < -0.3 is 36.0 Å². The Morgan fingerprint density at radius 3 is 2.09 bits per heavy atom. The van der Waals surface area contributed by atoms with Crippen LogP contribution >= 0.6 is 24.8 Å². The Bertz CT molecular complexity index is 1030. The minimum atomic E-state index is 0. The fourth-order valence-electron chi connectivity index (χ4n) is 4.40. The Hall–Kier alpha value is -2.53. The number of anilines is 2. The van der Waals surface area contributed by atoms with Gasteiger partial charge in [0.05, 0.1) is 19.7 Å². The molecule has 1 aliphatic carbocycles. The molecular formula is C23H37Cl2N5O5. The van der Waals surface area contributed by atoms with Crippen LogP contribution in [0.15, 0.2) is 23.9 Å². The van der Waals surface area contributed by atoms with Crippen molar-refractivity contribution in [3.63, 3.8) is 0 Å². The smallest absolute Gasteiger partial charge is 0.228 e. The standard InChI is InChI=1S/C23H31N5O3.2ClH.2H2O/c1-14(2)15-9-16(11-17(29)10-15)27-5-7-28(8-6-27)23-25-19-13-21(31-4)20(30-3)12-18(19)22(24)26-23;;;;/h11-15H,5-10H2,1-4H3,(H2,24,25,26);2*1H;2*1H2. The SMILES string of the molecule is COc1cc2nc(N3CCN(C4=CC(=O)CC(C(C)C)C4)CC3)nc(N)c2cc1OC.Cl.Cl.O.O. The van der Waals surface area contributed by atoms with Gasteiger partial charge in [-0.1, -0.05) is 13.8 Å². The number of allylic oxidation sites excluding steroid dienone is 2. The fourth-order valence-corrected chi connectivity index (χ4v) is 4.40. The van der Waals surface area contributed by atoms with Crippen molar-refractivity contribution in [1.82, 2.24) is 14.9 Å². The number of nitrogen functional groups attached to an aromatic ring is 1. The maximum atomic E-state index is 12.2. The summed E-state index contributed by atoms with van der Waals surface area (Å²) in [6.45, 7) is 7.61. The van der Waals surface area contributed by atoms with E-state index in [4.69, 9.17) is 20.2 Å². The van der Waals surface area contributed by atoms with Crippen molar-refractivity contribution in [3.8, 4) is 11.5 Å². The molecule has 0 amide bonds. The number of piperazine rings is 1. The maximum Gasteiger partial charge on any atom is 0.228 e. The number of halogens is 2. The highest BCUT2D eigenvalue weighted by Gasteiger charge is 2.28. The molecular weight excluding hydrogens is 497 g/mol. The second-order valence-corrected chi connectivity index (χ2v) is 8.62. The molecule has 1 saturated heterocycles. The van der Waals surface area contributed by atoms with Crippen LogP contribution in [-0.2, 0) is 4.79 Å². The van der Waals surface area contributed by atoms with Crippen LogP contribution in [0.3, 0.4) is 0 Å². The number of benzene rings is 1. The Balaban J connectivity index is 0.00000289. The van der Waals surface area contributed by atoms with Gasteiger partial charge in [0, 0.05) is 55.8 Å². The van der Waals surface area contributed by atoms with Crippen LogP contribution in [0.4, 0.5) is 11.8 Å². The van der Waals surface area contributed by atoms with E-state index in [1.165, 1.54) is 5.70 Å². The highest BCUT2D eigenvalue weighted by atomic mass is 35.5. The summed E-state index contributed by atoms with van der Waals surface area (Å²) in [6.07, 6.45) is 3.49. The summed E-state index contributed by atoms with van der Waals surface area (Å²) >= 11 is 0. The third kappa shape index (κ3) is 6.78. The van der Waals surface area contributed by atoms with E-state index in [0.29, 0.717) is 41.5 Å². The van der Waals surface area contributed by atoms with E-state index in [2.05, 4.69) is 28.6 Å². The topological polar surface area (TPSA) is 157 Å². The molecule has 0 saturated carbocycles. The molecule has 12 heteroatoms. The predicted octanol–water partition coefficient (Wildman–Crippen LogP) is 2.06. The highest BCUT2D eigenvalue weighted by Crippen LogP contribution is 2.35. The van der Waals surface area contributed by atoms with Crippen molar-refractivity contribution in [1.29, 1.82) is 0 Å². The van der Waals surface area contributed by atoms with Crippen LogP contribution in [0.5, 0.6) is 11.5 Å². The molecule has 198 valence electrons. The van der Waals surface area contributed by atoms with Crippen molar-refractivity contribution in [2.24, 2.45) is 11.8 Å². The lowest BCUT2D eigenvalue weighted by molar-refractivity contribution is -0.116. The minimum absolute atomic E-state index is 0. The molecule has 0 spiro atoms. The summed E-state index contributed by atoms with van der Waals surface area (Å²) in [4.78, 5) is 26.0. The molecule has 35 heavy (non-hydrogen) atoms. The average Bonchev–Trinajstić information content (AvgIpc) is 2.77. The van der Waals surface area contributed by atoms with E-state index in [-0.39, 0.29) is 41.5 Å². The Labute approximate surface area is 218 Å². The van der Waals surface area contributed by atoms with Crippen LogP contribution in [0.25, 0.3) is 10.9 Å². The van der Waals surface area contributed by atoms with Gasteiger partial charge in [-0.05, 0) is 24.3 Å². The van der Waals surface area contributed by atoms with Crippen LogP contribution in [0.2, 0.25) is 0 Å². The third-order valence-electron chi connectivity index (χ3n) is 6.39. The molecule has 2 aromatic rings. The zero-order valence-corrected chi connectivity index (χ0v) is 22.2. The monoisotopic (exact) mass is 533 g/mol. The van der Waals surface area contributed by atoms with Crippen LogP contribution in [0, 0.1) is 11.8 Å². The average molecular weight is 534 g/mol. The number of fused-ring (bicyclic) bond motifs is 1. The normalized spacial score (nSPS) is 17.5. The number of ketones is 1. The molecule has 2 aliphatic rings. The number of nitrogens with zero attached hydrogens (tertiary/aromatic N) is 4. The third-order valence-corrected chi connectivity index (χ3v) is 6.39. The minimum Gasteiger partial charge on any atom is -0.493 e. The summed E-state index contributed by atoms with van der Waals surface area (Å²) in [5, 5.41) is 0.741. The van der Waals surface area contributed by atoms with Gasteiger partial charge in [0.15, 0.2) is 17.3 Å². The predicted molar refractivity (Wildman–Crippen MR) is 143 cm³/mol. The largest absolute Gasteiger partial charge is 0.493 e. The number of carbonyl (C=O) groups excluding carboxylic acids is 1. The van der Waals surface area contributed by atoms with E-state index >= 15 is 0 Å². The first kappa shape index (κ1) is 32.5. The van der Waals surface area contributed by atoms with E-state index in [1.807, 2.05) is 18.2 Å². The molecule has 0 bridgehead atoms. The van der Waals surface area contributed by atoms with Crippen molar-refractivity contribution < 1.29 is 25.2 Å². The van der Waals surface area contributed by atoms with Crippen LogP contribution < -0.4 is 20.1 Å². The number of carbonyl (C=O) groups is 1.